The van der Waals surface area contributed by atoms with Crippen LogP contribution in [0.1, 0.15) is 33.3 Å². The highest BCUT2D eigenvalue weighted by atomic mass is 32.2. The van der Waals surface area contributed by atoms with Crippen LogP contribution in [-0.4, -0.2) is 21.5 Å². The summed E-state index contributed by atoms with van der Waals surface area (Å²) in [4.78, 5) is 0.319. The molecule has 0 aliphatic heterocycles. The zero-order valence-corrected chi connectivity index (χ0v) is 14.1. The second kappa shape index (κ2) is 5.38. The number of hydrogen-bond donors (Lipinski definition) is 2. The van der Waals surface area contributed by atoms with Gasteiger partial charge in [-0.05, 0) is 47.4 Å². The van der Waals surface area contributed by atoms with Gasteiger partial charge in [0.2, 0.25) is 10.0 Å². The molecular weight excluding hydrogens is 284 g/mol. The van der Waals surface area contributed by atoms with Crippen molar-refractivity contribution < 1.29 is 8.42 Å². The summed E-state index contributed by atoms with van der Waals surface area (Å²) in [6.07, 6.45) is 0.762. The van der Waals surface area contributed by atoms with Crippen molar-refractivity contribution in [3.63, 3.8) is 0 Å². The predicted molar refractivity (Wildman–Crippen MR) is 85.4 cm³/mol. The molecule has 1 aliphatic rings. The number of nitrogens with one attached hydrogen (secondary N) is 1. The first-order valence-corrected chi connectivity index (χ1v) is 8.90. The third-order valence-corrected chi connectivity index (χ3v) is 6.90. The average molecular weight is 310 g/mol. The third kappa shape index (κ3) is 3.00. The predicted octanol–water partition coefficient (Wildman–Crippen LogP) is 2.15. The second-order valence-electron chi connectivity index (χ2n) is 7.03. The van der Waals surface area contributed by atoms with Crippen LogP contribution < -0.4 is 10.5 Å². The SMILES string of the molecule is CC1(C)C(CNS(=O)(=O)c2ccc(CCN)cc2)C1(C)C. The number of sulfonamides is 1. The Balaban J connectivity index is 2.03. The quantitative estimate of drug-likeness (QED) is 0.845. The van der Waals surface area contributed by atoms with Gasteiger partial charge >= 0.3 is 0 Å². The molecular formula is C16H26N2O2S. The minimum atomic E-state index is -3.43. The van der Waals surface area contributed by atoms with Crippen molar-refractivity contribution in [3.8, 4) is 0 Å². The standard InChI is InChI=1S/C16H26N2O2S/c1-15(2)14(16(15,3)4)11-18-21(19,20)13-7-5-12(6-8-13)9-10-17/h5-8,14,18H,9-11,17H2,1-4H3. The molecule has 1 saturated carbocycles. The molecule has 0 spiro atoms. The first-order valence-electron chi connectivity index (χ1n) is 7.41. The van der Waals surface area contributed by atoms with E-state index in [1.807, 2.05) is 12.1 Å². The summed E-state index contributed by atoms with van der Waals surface area (Å²) >= 11 is 0. The van der Waals surface area contributed by atoms with Gasteiger partial charge < -0.3 is 5.73 Å². The Kier molecular flexibility index (Phi) is 4.21. The van der Waals surface area contributed by atoms with Gasteiger partial charge in [0.25, 0.3) is 0 Å². The molecule has 0 aromatic heterocycles. The fourth-order valence-corrected chi connectivity index (χ4v) is 4.17. The summed E-state index contributed by atoms with van der Waals surface area (Å²) in [6.45, 7) is 9.81. The zero-order chi connectivity index (χ0) is 15.9. The van der Waals surface area contributed by atoms with E-state index < -0.39 is 10.0 Å². The van der Waals surface area contributed by atoms with Crippen molar-refractivity contribution in [1.82, 2.24) is 4.72 Å². The van der Waals surface area contributed by atoms with Crippen molar-refractivity contribution in [3.05, 3.63) is 29.8 Å². The number of hydrogen-bond acceptors (Lipinski definition) is 3. The molecule has 0 saturated heterocycles. The Hall–Kier alpha value is -0.910. The summed E-state index contributed by atoms with van der Waals surface area (Å²) < 4.78 is 27.4. The van der Waals surface area contributed by atoms with Crippen molar-refractivity contribution in [1.29, 1.82) is 0 Å². The van der Waals surface area contributed by atoms with Crippen LogP contribution in [0.5, 0.6) is 0 Å². The van der Waals surface area contributed by atoms with Gasteiger partial charge in [-0.15, -0.1) is 0 Å². The van der Waals surface area contributed by atoms with E-state index in [1.165, 1.54) is 0 Å². The lowest BCUT2D eigenvalue weighted by atomic mass is 10.0. The van der Waals surface area contributed by atoms with Gasteiger partial charge in [-0.3, -0.25) is 0 Å². The number of rotatable bonds is 6. The lowest BCUT2D eigenvalue weighted by Crippen LogP contribution is -2.27. The van der Waals surface area contributed by atoms with Crippen LogP contribution in [0.25, 0.3) is 0 Å². The van der Waals surface area contributed by atoms with Gasteiger partial charge in [-0.1, -0.05) is 39.8 Å². The fourth-order valence-electron chi connectivity index (χ4n) is 3.12. The van der Waals surface area contributed by atoms with E-state index in [9.17, 15) is 8.42 Å². The largest absolute Gasteiger partial charge is 0.330 e. The van der Waals surface area contributed by atoms with Crippen molar-refractivity contribution in [2.24, 2.45) is 22.5 Å². The van der Waals surface area contributed by atoms with Gasteiger partial charge in [0.05, 0.1) is 4.90 Å². The Labute approximate surface area is 128 Å². The Bertz CT molecular complexity index is 590. The third-order valence-electron chi connectivity index (χ3n) is 5.46. The van der Waals surface area contributed by atoms with Gasteiger partial charge in [0.15, 0.2) is 0 Å². The number of benzene rings is 1. The average Bonchev–Trinajstić information content (AvgIpc) is 2.78. The van der Waals surface area contributed by atoms with Crippen LogP contribution in [0.4, 0.5) is 0 Å². The molecule has 1 aromatic rings. The van der Waals surface area contributed by atoms with Crippen molar-refractivity contribution in [2.75, 3.05) is 13.1 Å². The Morgan fingerprint density at radius 1 is 1.10 bits per heavy atom. The van der Waals surface area contributed by atoms with E-state index in [4.69, 9.17) is 5.73 Å². The molecule has 0 heterocycles. The van der Waals surface area contributed by atoms with E-state index in [0.717, 1.165) is 12.0 Å². The lowest BCUT2D eigenvalue weighted by molar-refractivity contribution is 0.457. The molecule has 118 valence electrons. The maximum atomic E-state index is 12.3. The maximum Gasteiger partial charge on any atom is 0.240 e. The van der Waals surface area contributed by atoms with Crippen LogP contribution >= 0.6 is 0 Å². The van der Waals surface area contributed by atoms with Gasteiger partial charge in [0.1, 0.15) is 0 Å². The molecule has 0 radical (unpaired) electrons. The van der Waals surface area contributed by atoms with Crippen molar-refractivity contribution >= 4 is 10.0 Å². The molecule has 0 atom stereocenters. The second-order valence-corrected chi connectivity index (χ2v) is 8.80. The van der Waals surface area contributed by atoms with E-state index in [2.05, 4.69) is 32.4 Å². The highest BCUT2D eigenvalue weighted by Gasteiger charge is 2.64. The highest BCUT2D eigenvalue weighted by molar-refractivity contribution is 7.89. The summed E-state index contributed by atoms with van der Waals surface area (Å²) in [5.41, 5.74) is 6.91. The molecule has 5 heteroatoms. The van der Waals surface area contributed by atoms with E-state index in [1.54, 1.807) is 12.1 Å². The van der Waals surface area contributed by atoms with Gasteiger partial charge in [-0.25, -0.2) is 13.1 Å². The molecule has 0 unspecified atom stereocenters. The summed E-state index contributed by atoms with van der Waals surface area (Å²) in [5, 5.41) is 0. The normalized spacial score (nSPS) is 20.4. The Morgan fingerprint density at radius 2 is 1.62 bits per heavy atom. The summed E-state index contributed by atoms with van der Waals surface area (Å²) in [7, 11) is -3.43. The van der Waals surface area contributed by atoms with Gasteiger partial charge in [-0.2, -0.15) is 0 Å². The topological polar surface area (TPSA) is 72.2 Å². The van der Waals surface area contributed by atoms with Crippen LogP contribution in [0.2, 0.25) is 0 Å². The minimum Gasteiger partial charge on any atom is -0.330 e. The number of nitrogens with two attached hydrogens (primary N) is 1. The molecule has 21 heavy (non-hydrogen) atoms. The summed E-state index contributed by atoms with van der Waals surface area (Å²) in [5.74, 6) is 0.372. The first-order chi connectivity index (χ1) is 9.63. The molecule has 1 fully saturated rings. The van der Waals surface area contributed by atoms with Gasteiger partial charge in [0, 0.05) is 6.54 Å². The Morgan fingerprint density at radius 3 is 2.05 bits per heavy atom. The minimum absolute atomic E-state index is 0.181. The fraction of sp³-hybridized carbons (Fsp3) is 0.625. The smallest absolute Gasteiger partial charge is 0.240 e. The molecule has 3 N–H and O–H groups in total. The molecule has 1 aliphatic carbocycles. The highest BCUT2D eigenvalue weighted by Crippen LogP contribution is 2.67. The lowest BCUT2D eigenvalue weighted by Gasteiger charge is -2.08. The van der Waals surface area contributed by atoms with Crippen LogP contribution in [-0.2, 0) is 16.4 Å². The molecule has 2 rings (SSSR count). The van der Waals surface area contributed by atoms with Crippen LogP contribution in [0.15, 0.2) is 29.2 Å². The van der Waals surface area contributed by atoms with Crippen molar-refractivity contribution in [2.45, 2.75) is 39.0 Å². The van der Waals surface area contributed by atoms with Crippen LogP contribution in [0.3, 0.4) is 0 Å². The summed E-state index contributed by atoms with van der Waals surface area (Å²) in [6, 6.07) is 6.95. The monoisotopic (exact) mass is 310 g/mol. The molecule has 4 nitrogen and oxygen atoms in total. The molecule has 0 amide bonds. The molecule has 1 aromatic carbocycles. The maximum absolute atomic E-state index is 12.3. The first kappa shape index (κ1) is 16.5. The molecule has 0 bridgehead atoms. The van der Waals surface area contributed by atoms with E-state index in [-0.39, 0.29) is 10.8 Å². The van der Waals surface area contributed by atoms with E-state index >= 15 is 0 Å². The van der Waals surface area contributed by atoms with Crippen LogP contribution in [0, 0.1) is 16.7 Å². The zero-order valence-electron chi connectivity index (χ0n) is 13.3. The van der Waals surface area contributed by atoms with E-state index in [0.29, 0.717) is 23.9 Å².